The van der Waals surface area contributed by atoms with Gasteiger partial charge in [0.2, 0.25) is 11.8 Å². The quantitative estimate of drug-likeness (QED) is 0.914. The van der Waals surface area contributed by atoms with E-state index in [4.69, 9.17) is 5.73 Å². The lowest BCUT2D eigenvalue weighted by atomic mass is 9.90. The van der Waals surface area contributed by atoms with Gasteiger partial charge in [0.25, 0.3) is 0 Å². The zero-order valence-electron chi connectivity index (χ0n) is 11.9. The summed E-state index contributed by atoms with van der Waals surface area (Å²) in [5.74, 6) is -0.662. The molecule has 0 bridgehead atoms. The van der Waals surface area contributed by atoms with Crippen LogP contribution in [0, 0.1) is 0 Å². The fourth-order valence-corrected chi connectivity index (χ4v) is 3.65. The molecule has 1 fully saturated rings. The van der Waals surface area contributed by atoms with Gasteiger partial charge in [0, 0.05) is 18.9 Å². The molecule has 0 aliphatic carbocycles. The molecule has 22 heavy (non-hydrogen) atoms. The SMILES string of the molecule is NC(=O)[C@@]1(c2cnccn2)CCCN1C(=O)Cc1ccsc1. The number of nitrogens with two attached hydrogens (primary N) is 1. The van der Waals surface area contributed by atoms with Gasteiger partial charge < -0.3 is 10.6 Å². The molecule has 3 rings (SSSR count). The fourth-order valence-electron chi connectivity index (χ4n) is 2.98. The zero-order chi connectivity index (χ0) is 15.6. The van der Waals surface area contributed by atoms with Crippen LogP contribution in [-0.4, -0.2) is 33.2 Å². The summed E-state index contributed by atoms with van der Waals surface area (Å²) in [6.07, 6.45) is 6.02. The highest BCUT2D eigenvalue weighted by molar-refractivity contribution is 7.08. The van der Waals surface area contributed by atoms with Crippen molar-refractivity contribution in [2.24, 2.45) is 5.73 Å². The largest absolute Gasteiger partial charge is 0.367 e. The van der Waals surface area contributed by atoms with Crippen molar-refractivity contribution in [1.29, 1.82) is 0 Å². The van der Waals surface area contributed by atoms with Crippen molar-refractivity contribution in [2.45, 2.75) is 24.8 Å². The van der Waals surface area contributed by atoms with Crippen LogP contribution in [0.15, 0.2) is 35.4 Å². The van der Waals surface area contributed by atoms with E-state index >= 15 is 0 Å². The molecule has 2 aromatic heterocycles. The van der Waals surface area contributed by atoms with Gasteiger partial charge in [0.05, 0.1) is 18.3 Å². The first-order chi connectivity index (χ1) is 10.6. The Morgan fingerprint density at radius 3 is 2.91 bits per heavy atom. The Morgan fingerprint density at radius 1 is 1.41 bits per heavy atom. The topological polar surface area (TPSA) is 89.2 Å². The molecule has 3 heterocycles. The maximum atomic E-state index is 12.7. The molecule has 1 atom stereocenters. The highest BCUT2D eigenvalue weighted by atomic mass is 32.1. The van der Waals surface area contributed by atoms with Crippen LogP contribution >= 0.6 is 11.3 Å². The Hall–Kier alpha value is -2.28. The summed E-state index contributed by atoms with van der Waals surface area (Å²) in [5, 5.41) is 3.86. The number of aromatic nitrogens is 2. The van der Waals surface area contributed by atoms with E-state index in [1.165, 1.54) is 18.6 Å². The number of hydrogen-bond donors (Lipinski definition) is 1. The summed E-state index contributed by atoms with van der Waals surface area (Å²) in [5.41, 5.74) is 5.88. The van der Waals surface area contributed by atoms with Crippen molar-refractivity contribution < 1.29 is 9.59 Å². The predicted molar refractivity (Wildman–Crippen MR) is 81.9 cm³/mol. The molecule has 2 N–H and O–H groups in total. The summed E-state index contributed by atoms with van der Waals surface area (Å²) in [6.45, 7) is 0.502. The Morgan fingerprint density at radius 2 is 2.27 bits per heavy atom. The predicted octanol–water partition coefficient (Wildman–Crippen LogP) is 1.08. The smallest absolute Gasteiger partial charge is 0.249 e. The average Bonchev–Trinajstić information content (AvgIpc) is 3.17. The molecule has 0 saturated carbocycles. The number of primary amides is 1. The first-order valence-corrected chi connectivity index (χ1v) is 7.97. The van der Waals surface area contributed by atoms with Gasteiger partial charge in [-0.3, -0.25) is 19.6 Å². The van der Waals surface area contributed by atoms with E-state index < -0.39 is 11.4 Å². The molecule has 2 aromatic rings. The number of likely N-dealkylation sites (tertiary alicyclic amines) is 1. The van der Waals surface area contributed by atoms with E-state index in [1.54, 1.807) is 16.2 Å². The number of hydrogen-bond acceptors (Lipinski definition) is 5. The maximum absolute atomic E-state index is 12.7. The number of thiophene rings is 1. The van der Waals surface area contributed by atoms with Crippen LogP contribution in [0.2, 0.25) is 0 Å². The van der Waals surface area contributed by atoms with E-state index in [2.05, 4.69) is 9.97 Å². The molecule has 114 valence electrons. The summed E-state index contributed by atoms with van der Waals surface area (Å²) in [6, 6.07) is 1.91. The van der Waals surface area contributed by atoms with Gasteiger partial charge in [-0.1, -0.05) is 0 Å². The molecule has 2 amide bonds. The highest BCUT2D eigenvalue weighted by Crippen LogP contribution is 2.38. The third kappa shape index (κ3) is 2.37. The number of nitrogens with zero attached hydrogens (tertiary/aromatic N) is 3. The van der Waals surface area contributed by atoms with Crippen LogP contribution in [0.1, 0.15) is 24.1 Å². The number of amides is 2. The van der Waals surface area contributed by atoms with Gasteiger partial charge >= 0.3 is 0 Å². The molecule has 0 spiro atoms. The van der Waals surface area contributed by atoms with Crippen molar-refractivity contribution in [3.05, 3.63) is 46.7 Å². The van der Waals surface area contributed by atoms with Crippen molar-refractivity contribution in [3.63, 3.8) is 0 Å². The number of carbonyl (C=O) groups excluding carboxylic acids is 2. The van der Waals surface area contributed by atoms with Gasteiger partial charge in [-0.15, -0.1) is 0 Å². The Balaban J connectivity index is 1.95. The lowest BCUT2D eigenvalue weighted by molar-refractivity contribution is -0.144. The lowest BCUT2D eigenvalue weighted by Crippen LogP contribution is -2.54. The van der Waals surface area contributed by atoms with Gasteiger partial charge in [0.15, 0.2) is 5.54 Å². The summed E-state index contributed by atoms with van der Waals surface area (Å²) >= 11 is 1.54. The molecule has 7 heteroatoms. The molecular formula is C15H16N4O2S. The van der Waals surface area contributed by atoms with Gasteiger partial charge in [-0.25, -0.2) is 0 Å². The molecule has 1 aliphatic heterocycles. The van der Waals surface area contributed by atoms with E-state index in [9.17, 15) is 9.59 Å². The van der Waals surface area contributed by atoms with Crippen LogP contribution in [0.5, 0.6) is 0 Å². The van der Waals surface area contributed by atoms with Crippen LogP contribution in [0.25, 0.3) is 0 Å². The second kappa shape index (κ2) is 5.84. The second-order valence-corrected chi connectivity index (χ2v) is 6.05. The van der Waals surface area contributed by atoms with Crippen LogP contribution in [0.4, 0.5) is 0 Å². The molecule has 0 radical (unpaired) electrons. The average molecular weight is 316 g/mol. The van der Waals surface area contributed by atoms with Crippen molar-refractivity contribution >= 4 is 23.2 Å². The highest BCUT2D eigenvalue weighted by Gasteiger charge is 2.51. The Labute approximate surface area is 132 Å². The zero-order valence-corrected chi connectivity index (χ0v) is 12.8. The van der Waals surface area contributed by atoms with Crippen LogP contribution in [-0.2, 0) is 21.5 Å². The Kier molecular flexibility index (Phi) is 3.89. The van der Waals surface area contributed by atoms with E-state index in [0.29, 0.717) is 18.7 Å². The van der Waals surface area contributed by atoms with Crippen LogP contribution < -0.4 is 5.73 Å². The molecule has 1 saturated heterocycles. The first kappa shape index (κ1) is 14.6. The van der Waals surface area contributed by atoms with E-state index in [1.807, 2.05) is 16.8 Å². The summed E-state index contributed by atoms with van der Waals surface area (Å²) in [4.78, 5) is 34.7. The normalized spacial score (nSPS) is 21.0. The van der Waals surface area contributed by atoms with Crippen molar-refractivity contribution in [3.8, 4) is 0 Å². The molecular weight excluding hydrogens is 300 g/mol. The first-order valence-electron chi connectivity index (χ1n) is 7.02. The maximum Gasteiger partial charge on any atom is 0.249 e. The minimum absolute atomic E-state index is 0.111. The molecule has 0 unspecified atom stereocenters. The van der Waals surface area contributed by atoms with Crippen molar-refractivity contribution in [1.82, 2.24) is 14.9 Å². The van der Waals surface area contributed by atoms with E-state index in [-0.39, 0.29) is 12.3 Å². The van der Waals surface area contributed by atoms with Crippen LogP contribution in [0.3, 0.4) is 0 Å². The molecule has 6 nitrogen and oxygen atoms in total. The standard InChI is InChI=1S/C15H16N4O2S/c16-14(21)15(12-9-17-4-5-18-12)3-1-6-19(15)13(20)8-11-2-7-22-10-11/h2,4-5,7,9-10H,1,3,6,8H2,(H2,16,21)/t15-/m0/s1. The third-order valence-corrected chi connectivity index (χ3v) is 4.74. The molecule has 1 aliphatic rings. The monoisotopic (exact) mass is 316 g/mol. The summed E-state index contributed by atoms with van der Waals surface area (Å²) < 4.78 is 0. The van der Waals surface area contributed by atoms with Gasteiger partial charge in [0.1, 0.15) is 0 Å². The number of rotatable bonds is 4. The minimum atomic E-state index is -1.18. The number of carbonyl (C=O) groups is 2. The van der Waals surface area contributed by atoms with E-state index in [0.717, 1.165) is 12.0 Å². The molecule has 0 aromatic carbocycles. The fraction of sp³-hybridized carbons (Fsp3) is 0.333. The van der Waals surface area contributed by atoms with Gasteiger partial charge in [-0.2, -0.15) is 11.3 Å². The Bertz CT molecular complexity index is 674. The van der Waals surface area contributed by atoms with Crippen molar-refractivity contribution in [2.75, 3.05) is 6.54 Å². The lowest BCUT2D eigenvalue weighted by Gasteiger charge is -2.35. The second-order valence-electron chi connectivity index (χ2n) is 5.27. The minimum Gasteiger partial charge on any atom is -0.367 e. The van der Waals surface area contributed by atoms with Gasteiger partial charge in [-0.05, 0) is 35.2 Å². The third-order valence-electron chi connectivity index (χ3n) is 4.01. The summed E-state index contributed by atoms with van der Waals surface area (Å²) in [7, 11) is 0.